The van der Waals surface area contributed by atoms with Crippen molar-refractivity contribution in [2.45, 2.75) is 26.2 Å². The van der Waals surface area contributed by atoms with Crippen molar-refractivity contribution >= 4 is 10.8 Å². The zero-order chi connectivity index (χ0) is 13.9. The second-order valence-corrected chi connectivity index (χ2v) is 5.76. The highest BCUT2D eigenvalue weighted by Crippen LogP contribution is 2.26. The molecule has 0 fully saturated rings. The lowest BCUT2D eigenvalue weighted by Gasteiger charge is -2.26. The molecule has 2 aromatic carbocycles. The van der Waals surface area contributed by atoms with Gasteiger partial charge in [-0.1, -0.05) is 55.8 Å². The van der Waals surface area contributed by atoms with E-state index in [1.54, 1.807) is 0 Å². The summed E-state index contributed by atoms with van der Waals surface area (Å²) < 4.78 is 0. The van der Waals surface area contributed by atoms with E-state index in [4.69, 9.17) is 5.84 Å². The summed E-state index contributed by atoms with van der Waals surface area (Å²) in [6.45, 7) is 8.11. The van der Waals surface area contributed by atoms with E-state index in [1.807, 2.05) is 0 Å². The van der Waals surface area contributed by atoms with Crippen molar-refractivity contribution in [1.82, 2.24) is 10.7 Å². The van der Waals surface area contributed by atoms with Gasteiger partial charge in [-0.2, -0.15) is 0 Å². The van der Waals surface area contributed by atoms with Gasteiger partial charge in [0.05, 0.1) is 6.67 Å². The monoisotopic (exact) mass is 257 g/mol. The summed E-state index contributed by atoms with van der Waals surface area (Å²) in [6, 6.07) is 13.3. The summed E-state index contributed by atoms with van der Waals surface area (Å²) in [7, 11) is 0. The van der Waals surface area contributed by atoms with Gasteiger partial charge in [-0.25, -0.2) is 5.43 Å². The van der Waals surface area contributed by atoms with Crippen LogP contribution in [0, 0.1) is 6.92 Å². The third-order valence-electron chi connectivity index (χ3n) is 3.57. The molecule has 0 spiro atoms. The molecular formula is C16H23N3. The molecule has 0 aliphatic carbocycles. The zero-order valence-corrected chi connectivity index (χ0v) is 12.0. The normalized spacial score (nSPS) is 12.0. The topological polar surface area (TPSA) is 50.1 Å². The van der Waals surface area contributed by atoms with E-state index < -0.39 is 0 Å². The van der Waals surface area contributed by atoms with Crippen LogP contribution < -0.4 is 16.6 Å². The van der Waals surface area contributed by atoms with Gasteiger partial charge in [0.15, 0.2) is 0 Å². The number of nitrogens with one attached hydrogen (secondary N) is 2. The highest BCUT2D eigenvalue weighted by atomic mass is 15.3. The van der Waals surface area contributed by atoms with Gasteiger partial charge in [0.1, 0.15) is 0 Å². The Morgan fingerprint density at radius 1 is 1.05 bits per heavy atom. The second-order valence-electron chi connectivity index (χ2n) is 5.76. The zero-order valence-electron chi connectivity index (χ0n) is 12.0. The molecule has 0 atom stereocenters. The van der Waals surface area contributed by atoms with Crippen LogP contribution in [0.15, 0.2) is 36.4 Å². The molecule has 0 aliphatic rings. The summed E-state index contributed by atoms with van der Waals surface area (Å²) in [4.78, 5) is 0. The van der Waals surface area contributed by atoms with Crippen LogP contribution in [0.25, 0.3) is 10.8 Å². The fourth-order valence-electron chi connectivity index (χ4n) is 2.34. The molecule has 4 N–H and O–H groups in total. The number of aryl methyl sites for hydroxylation is 1. The SMILES string of the molecule is Cc1ccc2cc(C(C)(C)CNCNN)ccc2c1. The van der Waals surface area contributed by atoms with Gasteiger partial charge in [-0.15, -0.1) is 0 Å². The van der Waals surface area contributed by atoms with E-state index in [2.05, 4.69) is 67.9 Å². The van der Waals surface area contributed by atoms with E-state index in [0.717, 1.165) is 6.54 Å². The van der Waals surface area contributed by atoms with Crippen molar-refractivity contribution in [3.8, 4) is 0 Å². The van der Waals surface area contributed by atoms with Crippen LogP contribution in [0.2, 0.25) is 0 Å². The highest BCUT2D eigenvalue weighted by Gasteiger charge is 2.20. The van der Waals surface area contributed by atoms with E-state index in [1.165, 1.54) is 21.9 Å². The largest absolute Gasteiger partial charge is 0.303 e. The van der Waals surface area contributed by atoms with Crippen molar-refractivity contribution in [2.24, 2.45) is 5.84 Å². The average molecular weight is 257 g/mol. The molecule has 3 nitrogen and oxygen atoms in total. The lowest BCUT2D eigenvalue weighted by atomic mass is 9.83. The summed E-state index contributed by atoms with van der Waals surface area (Å²) >= 11 is 0. The Hall–Kier alpha value is -1.42. The fraction of sp³-hybridized carbons (Fsp3) is 0.375. The number of hydrogen-bond acceptors (Lipinski definition) is 3. The maximum Gasteiger partial charge on any atom is 0.0587 e. The molecule has 0 saturated heterocycles. The number of benzene rings is 2. The minimum absolute atomic E-state index is 0.0793. The predicted octanol–water partition coefficient (Wildman–Crippen LogP) is 2.44. The summed E-state index contributed by atoms with van der Waals surface area (Å²) in [5.41, 5.74) is 5.34. The minimum Gasteiger partial charge on any atom is -0.303 e. The number of nitrogens with two attached hydrogens (primary N) is 1. The number of rotatable bonds is 5. The molecule has 2 rings (SSSR count). The molecule has 3 heteroatoms. The van der Waals surface area contributed by atoms with Gasteiger partial charge >= 0.3 is 0 Å². The molecule has 2 aromatic rings. The first-order valence-electron chi connectivity index (χ1n) is 6.68. The van der Waals surface area contributed by atoms with Gasteiger partial charge in [0.25, 0.3) is 0 Å². The molecule has 19 heavy (non-hydrogen) atoms. The van der Waals surface area contributed by atoms with Crippen LogP contribution in [-0.4, -0.2) is 13.2 Å². The van der Waals surface area contributed by atoms with Crippen molar-refractivity contribution in [1.29, 1.82) is 0 Å². The van der Waals surface area contributed by atoms with E-state index >= 15 is 0 Å². The standard InChI is InChI=1S/C16H23N3/c1-12-4-5-14-9-15(7-6-13(14)8-12)16(2,3)10-18-11-19-17/h4-9,18-19H,10-11,17H2,1-3H3. The smallest absolute Gasteiger partial charge is 0.0587 e. The molecule has 0 amide bonds. The summed E-state index contributed by atoms with van der Waals surface area (Å²) in [5.74, 6) is 5.27. The Bertz CT molecular complexity index is 561. The average Bonchev–Trinajstić information content (AvgIpc) is 2.38. The number of fused-ring (bicyclic) bond motifs is 1. The van der Waals surface area contributed by atoms with Crippen LogP contribution in [0.5, 0.6) is 0 Å². The van der Waals surface area contributed by atoms with Crippen LogP contribution >= 0.6 is 0 Å². The first kappa shape index (κ1) is 14.0. The van der Waals surface area contributed by atoms with Gasteiger partial charge in [0.2, 0.25) is 0 Å². The summed E-state index contributed by atoms with van der Waals surface area (Å²) in [5, 5.41) is 5.90. The molecule has 0 saturated carbocycles. The molecule has 102 valence electrons. The lowest BCUT2D eigenvalue weighted by molar-refractivity contribution is 0.455. The maximum atomic E-state index is 5.27. The van der Waals surface area contributed by atoms with Gasteiger partial charge in [0, 0.05) is 12.0 Å². The quantitative estimate of drug-likeness (QED) is 0.334. The van der Waals surface area contributed by atoms with Gasteiger partial charge in [-0.05, 0) is 23.3 Å². The Labute approximate surface area is 115 Å². The van der Waals surface area contributed by atoms with Crippen molar-refractivity contribution in [2.75, 3.05) is 13.2 Å². The van der Waals surface area contributed by atoms with E-state index in [0.29, 0.717) is 6.67 Å². The molecule has 0 aliphatic heterocycles. The third kappa shape index (κ3) is 3.32. The van der Waals surface area contributed by atoms with Crippen molar-refractivity contribution < 1.29 is 0 Å². The number of hydrogen-bond donors (Lipinski definition) is 3. The van der Waals surface area contributed by atoms with E-state index in [-0.39, 0.29) is 5.41 Å². The molecule has 0 unspecified atom stereocenters. The number of hydrazine groups is 1. The lowest BCUT2D eigenvalue weighted by Crippen LogP contribution is -2.40. The van der Waals surface area contributed by atoms with Crippen LogP contribution in [0.3, 0.4) is 0 Å². The first-order chi connectivity index (χ1) is 9.03. The minimum atomic E-state index is 0.0793. The third-order valence-corrected chi connectivity index (χ3v) is 3.57. The van der Waals surface area contributed by atoms with Gasteiger partial charge in [-0.3, -0.25) is 5.84 Å². The van der Waals surface area contributed by atoms with Crippen LogP contribution in [0.4, 0.5) is 0 Å². The highest BCUT2D eigenvalue weighted by molar-refractivity contribution is 5.84. The molecule has 0 aromatic heterocycles. The van der Waals surface area contributed by atoms with Crippen LogP contribution in [0.1, 0.15) is 25.0 Å². The fourth-order valence-corrected chi connectivity index (χ4v) is 2.34. The summed E-state index contributed by atoms with van der Waals surface area (Å²) in [6.07, 6.45) is 0. The first-order valence-corrected chi connectivity index (χ1v) is 6.68. The maximum absolute atomic E-state index is 5.27. The molecular weight excluding hydrogens is 234 g/mol. The predicted molar refractivity (Wildman–Crippen MR) is 81.9 cm³/mol. The second kappa shape index (κ2) is 5.70. The Balaban J connectivity index is 2.26. The van der Waals surface area contributed by atoms with Crippen molar-refractivity contribution in [3.05, 3.63) is 47.5 Å². The Morgan fingerprint density at radius 3 is 2.47 bits per heavy atom. The molecule has 0 bridgehead atoms. The molecule has 0 heterocycles. The van der Waals surface area contributed by atoms with Crippen LogP contribution in [-0.2, 0) is 5.41 Å². The van der Waals surface area contributed by atoms with Gasteiger partial charge < -0.3 is 5.32 Å². The van der Waals surface area contributed by atoms with Crippen molar-refractivity contribution in [3.63, 3.8) is 0 Å². The van der Waals surface area contributed by atoms with E-state index in [9.17, 15) is 0 Å². The Morgan fingerprint density at radius 2 is 1.74 bits per heavy atom. The Kier molecular flexibility index (Phi) is 4.20. The molecule has 0 radical (unpaired) electrons.